The van der Waals surface area contributed by atoms with Gasteiger partial charge in [-0.05, 0) is 51.3 Å². The Hall–Kier alpha value is -3.16. The number of hydrogen-bond acceptors (Lipinski definition) is 6. The fraction of sp³-hybridized carbons (Fsp3) is 0.381. The van der Waals surface area contributed by atoms with Gasteiger partial charge in [-0.2, -0.15) is 5.10 Å². The van der Waals surface area contributed by atoms with Crippen LogP contribution >= 0.6 is 0 Å². The first-order valence-electron chi connectivity index (χ1n) is 9.85. The molecule has 0 fully saturated rings. The van der Waals surface area contributed by atoms with Crippen molar-refractivity contribution in [2.45, 2.75) is 46.1 Å². The van der Waals surface area contributed by atoms with E-state index in [1.165, 1.54) is 6.07 Å². The molecule has 1 aliphatic heterocycles. The van der Waals surface area contributed by atoms with Gasteiger partial charge in [0.05, 0.1) is 11.4 Å². The van der Waals surface area contributed by atoms with Gasteiger partial charge in [0, 0.05) is 30.6 Å². The van der Waals surface area contributed by atoms with E-state index >= 15 is 0 Å². The minimum absolute atomic E-state index is 0.177. The highest BCUT2D eigenvalue weighted by Gasteiger charge is 2.32. The van der Waals surface area contributed by atoms with E-state index in [9.17, 15) is 4.39 Å². The van der Waals surface area contributed by atoms with E-state index in [2.05, 4.69) is 43.0 Å². The van der Waals surface area contributed by atoms with E-state index in [0.29, 0.717) is 17.3 Å². The number of fused-ring (bicyclic) bond motifs is 1. The molecule has 2 unspecified atom stereocenters. The number of aromatic nitrogens is 4. The van der Waals surface area contributed by atoms with Crippen LogP contribution in [0.2, 0.25) is 0 Å². The lowest BCUT2D eigenvalue weighted by molar-refractivity contribution is 0.596. The summed E-state index contributed by atoms with van der Waals surface area (Å²) in [7, 11) is 0. The number of aryl methyl sites for hydroxylation is 3. The molecular weight excluding hydrogens is 369 g/mol. The SMILES string of the molecule is Cc1cc(Nc2cc(NCCC3c4c(C)ccc(F)c4NC3C)nc(C)n2)[nH]n1. The molecule has 8 heteroatoms. The molecule has 0 saturated heterocycles. The fourth-order valence-electron chi connectivity index (χ4n) is 4.00. The Morgan fingerprint density at radius 3 is 2.66 bits per heavy atom. The highest BCUT2D eigenvalue weighted by atomic mass is 19.1. The molecule has 3 aromatic rings. The summed E-state index contributed by atoms with van der Waals surface area (Å²) in [6.45, 7) is 8.66. The predicted octanol–water partition coefficient (Wildman–Crippen LogP) is 4.41. The number of benzene rings is 1. The van der Waals surface area contributed by atoms with E-state index in [0.717, 1.165) is 41.4 Å². The van der Waals surface area contributed by atoms with E-state index in [-0.39, 0.29) is 17.8 Å². The van der Waals surface area contributed by atoms with Crippen LogP contribution in [0.4, 0.5) is 27.5 Å². The summed E-state index contributed by atoms with van der Waals surface area (Å²) in [6.07, 6.45) is 0.872. The Morgan fingerprint density at radius 2 is 1.90 bits per heavy atom. The molecule has 29 heavy (non-hydrogen) atoms. The van der Waals surface area contributed by atoms with Gasteiger partial charge in [0.25, 0.3) is 0 Å². The first-order chi connectivity index (χ1) is 13.9. The summed E-state index contributed by atoms with van der Waals surface area (Å²) in [5.41, 5.74) is 3.78. The van der Waals surface area contributed by atoms with Crippen molar-refractivity contribution in [3.63, 3.8) is 0 Å². The summed E-state index contributed by atoms with van der Waals surface area (Å²) in [6, 6.07) is 7.37. The molecule has 4 rings (SSSR count). The minimum Gasteiger partial charge on any atom is -0.379 e. The number of rotatable bonds is 6. The molecule has 0 amide bonds. The molecular formula is C21H26FN7. The molecule has 0 aliphatic carbocycles. The highest BCUT2D eigenvalue weighted by molar-refractivity contribution is 5.63. The molecule has 1 aromatic carbocycles. The maximum absolute atomic E-state index is 14.2. The molecule has 0 saturated carbocycles. The molecule has 7 nitrogen and oxygen atoms in total. The van der Waals surface area contributed by atoms with Gasteiger partial charge in [-0.15, -0.1) is 0 Å². The number of halogens is 1. The number of aromatic amines is 1. The van der Waals surface area contributed by atoms with Gasteiger partial charge in [0.1, 0.15) is 29.1 Å². The molecule has 0 spiro atoms. The Labute approximate surface area is 169 Å². The van der Waals surface area contributed by atoms with Crippen LogP contribution in [0.1, 0.15) is 41.9 Å². The zero-order valence-corrected chi connectivity index (χ0v) is 17.1. The molecule has 0 radical (unpaired) electrons. The van der Waals surface area contributed by atoms with E-state index < -0.39 is 0 Å². The average Bonchev–Trinajstić information content (AvgIpc) is 3.22. The van der Waals surface area contributed by atoms with Crippen molar-refractivity contribution in [3.8, 4) is 0 Å². The molecule has 3 heterocycles. The first-order valence-corrected chi connectivity index (χ1v) is 9.85. The maximum atomic E-state index is 14.2. The van der Waals surface area contributed by atoms with Crippen LogP contribution in [0, 0.1) is 26.6 Å². The van der Waals surface area contributed by atoms with Crippen molar-refractivity contribution in [1.29, 1.82) is 0 Å². The van der Waals surface area contributed by atoms with Crippen molar-refractivity contribution >= 4 is 23.1 Å². The second-order valence-electron chi connectivity index (χ2n) is 7.64. The van der Waals surface area contributed by atoms with Gasteiger partial charge in [-0.25, -0.2) is 14.4 Å². The van der Waals surface area contributed by atoms with Crippen molar-refractivity contribution in [3.05, 3.63) is 52.7 Å². The third-order valence-electron chi connectivity index (χ3n) is 5.33. The van der Waals surface area contributed by atoms with Gasteiger partial charge in [0.15, 0.2) is 0 Å². The predicted molar refractivity (Wildman–Crippen MR) is 113 cm³/mol. The highest BCUT2D eigenvalue weighted by Crippen LogP contribution is 2.41. The quantitative estimate of drug-likeness (QED) is 0.494. The van der Waals surface area contributed by atoms with Crippen molar-refractivity contribution in [2.24, 2.45) is 0 Å². The van der Waals surface area contributed by atoms with Gasteiger partial charge >= 0.3 is 0 Å². The normalized spacial score (nSPS) is 17.7. The number of nitrogens with zero attached hydrogens (tertiary/aromatic N) is 3. The van der Waals surface area contributed by atoms with Crippen molar-refractivity contribution < 1.29 is 4.39 Å². The van der Waals surface area contributed by atoms with E-state index in [1.807, 2.05) is 39.0 Å². The third-order valence-corrected chi connectivity index (χ3v) is 5.33. The van der Waals surface area contributed by atoms with Crippen molar-refractivity contribution in [2.75, 3.05) is 22.5 Å². The van der Waals surface area contributed by atoms with Crippen LogP contribution in [0.25, 0.3) is 0 Å². The number of H-pyrrole nitrogens is 1. The topological polar surface area (TPSA) is 90.5 Å². The summed E-state index contributed by atoms with van der Waals surface area (Å²) < 4.78 is 14.2. The molecule has 0 bridgehead atoms. The van der Waals surface area contributed by atoms with Crippen LogP contribution in [0.5, 0.6) is 0 Å². The maximum Gasteiger partial charge on any atom is 0.146 e. The molecule has 2 aromatic heterocycles. The van der Waals surface area contributed by atoms with E-state index in [4.69, 9.17) is 0 Å². The summed E-state index contributed by atoms with van der Waals surface area (Å²) in [4.78, 5) is 8.90. The monoisotopic (exact) mass is 395 g/mol. The Balaban J connectivity index is 1.43. The Bertz CT molecular complexity index is 1030. The standard InChI is InChI=1S/C21H26FN7/c1-11-5-6-16(22)21-20(11)15(13(3)24-21)7-8-23-17-10-18(26-14(4)25-17)27-19-9-12(2)28-29-19/h5-6,9-10,13,15,24H,7-8H2,1-4H3,(H3,23,25,26,27,28,29). The smallest absolute Gasteiger partial charge is 0.146 e. The van der Waals surface area contributed by atoms with Crippen LogP contribution < -0.4 is 16.0 Å². The average molecular weight is 395 g/mol. The largest absolute Gasteiger partial charge is 0.379 e. The summed E-state index contributed by atoms with van der Waals surface area (Å²) in [5.74, 6) is 2.99. The van der Waals surface area contributed by atoms with Gasteiger partial charge in [0.2, 0.25) is 0 Å². The molecule has 2 atom stereocenters. The van der Waals surface area contributed by atoms with Gasteiger partial charge in [-0.1, -0.05) is 6.07 Å². The number of anilines is 4. The number of hydrogen-bond donors (Lipinski definition) is 4. The minimum atomic E-state index is -0.177. The zero-order valence-electron chi connectivity index (χ0n) is 17.1. The van der Waals surface area contributed by atoms with Crippen molar-refractivity contribution in [1.82, 2.24) is 20.2 Å². The second-order valence-corrected chi connectivity index (χ2v) is 7.64. The van der Waals surface area contributed by atoms with Gasteiger partial charge < -0.3 is 16.0 Å². The van der Waals surface area contributed by atoms with Crippen LogP contribution in [0.3, 0.4) is 0 Å². The van der Waals surface area contributed by atoms with Crippen LogP contribution in [-0.2, 0) is 0 Å². The molecule has 152 valence electrons. The second kappa shape index (κ2) is 7.69. The summed E-state index contributed by atoms with van der Waals surface area (Å²) >= 11 is 0. The Morgan fingerprint density at radius 1 is 1.10 bits per heavy atom. The van der Waals surface area contributed by atoms with Crippen LogP contribution in [-0.4, -0.2) is 32.8 Å². The van der Waals surface area contributed by atoms with Crippen LogP contribution in [0.15, 0.2) is 24.3 Å². The first kappa shape index (κ1) is 19.2. The van der Waals surface area contributed by atoms with Gasteiger partial charge in [-0.3, -0.25) is 5.10 Å². The van der Waals surface area contributed by atoms with E-state index in [1.54, 1.807) is 0 Å². The lowest BCUT2D eigenvalue weighted by Gasteiger charge is -2.18. The fourth-order valence-corrected chi connectivity index (χ4v) is 4.00. The lowest BCUT2D eigenvalue weighted by Crippen LogP contribution is -2.19. The molecule has 4 N–H and O–H groups in total. The third kappa shape index (κ3) is 4.01. The summed E-state index contributed by atoms with van der Waals surface area (Å²) in [5, 5.41) is 16.9. The zero-order chi connectivity index (χ0) is 20.5. The molecule has 1 aliphatic rings. The lowest BCUT2D eigenvalue weighted by atomic mass is 9.89. The number of nitrogens with one attached hydrogen (secondary N) is 4. The Kier molecular flexibility index (Phi) is 5.08.